The van der Waals surface area contributed by atoms with Crippen molar-refractivity contribution in [3.05, 3.63) is 29.3 Å². The molecule has 0 bridgehead atoms. The summed E-state index contributed by atoms with van der Waals surface area (Å²) in [7, 11) is 1.27. The quantitative estimate of drug-likeness (QED) is 0.406. The van der Waals surface area contributed by atoms with Crippen LogP contribution >= 0.6 is 0 Å². The van der Waals surface area contributed by atoms with Gasteiger partial charge in [0, 0.05) is 0 Å². The van der Waals surface area contributed by atoms with Crippen LogP contribution < -0.4 is 11.3 Å². The SMILES string of the molecule is COC(=O)c1cc(C#N)cc(NN)c1. The first-order valence-electron chi connectivity index (χ1n) is 3.81. The van der Waals surface area contributed by atoms with E-state index < -0.39 is 5.97 Å². The Labute approximate surface area is 81.1 Å². The first-order valence-corrected chi connectivity index (χ1v) is 3.81. The van der Waals surface area contributed by atoms with Crippen molar-refractivity contribution in [3.63, 3.8) is 0 Å². The Kier molecular flexibility index (Phi) is 3.05. The monoisotopic (exact) mass is 191 g/mol. The van der Waals surface area contributed by atoms with E-state index in [0.717, 1.165) is 0 Å². The summed E-state index contributed by atoms with van der Waals surface area (Å²) in [5.74, 6) is 4.67. The lowest BCUT2D eigenvalue weighted by Gasteiger charge is -2.03. The molecule has 0 spiro atoms. The van der Waals surface area contributed by atoms with Gasteiger partial charge >= 0.3 is 5.97 Å². The van der Waals surface area contributed by atoms with E-state index in [4.69, 9.17) is 11.1 Å². The number of hydrogen-bond acceptors (Lipinski definition) is 5. The first kappa shape index (κ1) is 10.0. The number of esters is 1. The fourth-order valence-corrected chi connectivity index (χ4v) is 1.01. The first-order chi connectivity index (χ1) is 6.71. The zero-order valence-corrected chi connectivity index (χ0v) is 7.57. The van der Waals surface area contributed by atoms with E-state index in [-0.39, 0.29) is 0 Å². The predicted octanol–water partition coefficient (Wildman–Crippen LogP) is 0.630. The Morgan fingerprint density at radius 1 is 1.57 bits per heavy atom. The molecule has 0 aliphatic rings. The molecule has 14 heavy (non-hydrogen) atoms. The van der Waals surface area contributed by atoms with Crippen LogP contribution in [0.1, 0.15) is 15.9 Å². The number of nitrogen functional groups attached to an aromatic ring is 1. The van der Waals surface area contributed by atoms with E-state index in [1.165, 1.54) is 25.3 Å². The average Bonchev–Trinajstić information content (AvgIpc) is 2.27. The molecule has 1 rings (SSSR count). The number of rotatable bonds is 2. The molecule has 1 aromatic rings. The van der Waals surface area contributed by atoms with Gasteiger partial charge in [-0.25, -0.2) is 4.79 Å². The number of ether oxygens (including phenoxy) is 1. The van der Waals surface area contributed by atoms with E-state index in [9.17, 15) is 4.79 Å². The summed E-state index contributed by atoms with van der Waals surface area (Å²) in [6.07, 6.45) is 0. The second-order valence-corrected chi connectivity index (χ2v) is 2.55. The summed E-state index contributed by atoms with van der Waals surface area (Å²) >= 11 is 0. The van der Waals surface area contributed by atoms with E-state index in [1.54, 1.807) is 0 Å². The molecule has 72 valence electrons. The van der Waals surface area contributed by atoms with Crippen LogP contribution in [0.2, 0.25) is 0 Å². The number of carbonyl (C=O) groups excluding carboxylic acids is 1. The molecule has 0 aliphatic heterocycles. The lowest BCUT2D eigenvalue weighted by Crippen LogP contribution is -2.09. The second kappa shape index (κ2) is 4.25. The van der Waals surface area contributed by atoms with Gasteiger partial charge in [0.15, 0.2) is 0 Å². The molecule has 3 N–H and O–H groups in total. The molecule has 0 aliphatic carbocycles. The zero-order chi connectivity index (χ0) is 10.6. The maximum Gasteiger partial charge on any atom is 0.337 e. The van der Waals surface area contributed by atoms with Crippen LogP contribution in [0.4, 0.5) is 5.69 Å². The van der Waals surface area contributed by atoms with Gasteiger partial charge in [-0.1, -0.05) is 0 Å². The van der Waals surface area contributed by atoms with Crippen molar-refractivity contribution in [2.24, 2.45) is 5.84 Å². The van der Waals surface area contributed by atoms with E-state index in [0.29, 0.717) is 16.8 Å². The third kappa shape index (κ3) is 2.00. The number of nitriles is 1. The van der Waals surface area contributed by atoms with E-state index >= 15 is 0 Å². The smallest absolute Gasteiger partial charge is 0.337 e. The van der Waals surface area contributed by atoms with Crippen LogP contribution in [0.5, 0.6) is 0 Å². The van der Waals surface area contributed by atoms with Gasteiger partial charge in [0.25, 0.3) is 0 Å². The van der Waals surface area contributed by atoms with E-state index in [1.807, 2.05) is 6.07 Å². The number of benzene rings is 1. The van der Waals surface area contributed by atoms with Gasteiger partial charge in [0.2, 0.25) is 0 Å². The predicted molar refractivity (Wildman–Crippen MR) is 50.3 cm³/mol. The van der Waals surface area contributed by atoms with Crippen LogP contribution in [0.25, 0.3) is 0 Å². The number of hydrazine groups is 1. The molecule has 0 amide bonds. The summed E-state index contributed by atoms with van der Waals surface area (Å²) in [5.41, 5.74) is 3.49. The van der Waals surface area contributed by atoms with Crippen LogP contribution in [-0.2, 0) is 4.74 Å². The molecule has 0 saturated carbocycles. The highest BCUT2D eigenvalue weighted by Crippen LogP contribution is 2.14. The number of carbonyl (C=O) groups is 1. The van der Waals surface area contributed by atoms with Crippen LogP contribution in [0.3, 0.4) is 0 Å². The molecule has 0 atom stereocenters. The molecule has 0 fully saturated rings. The maximum absolute atomic E-state index is 11.1. The lowest BCUT2D eigenvalue weighted by molar-refractivity contribution is 0.0601. The molecule has 0 saturated heterocycles. The van der Waals surface area contributed by atoms with Crippen molar-refractivity contribution >= 4 is 11.7 Å². The van der Waals surface area contributed by atoms with Gasteiger partial charge in [-0.05, 0) is 18.2 Å². The lowest BCUT2D eigenvalue weighted by atomic mass is 10.1. The molecule has 5 nitrogen and oxygen atoms in total. The summed E-state index contributed by atoms with van der Waals surface area (Å²) < 4.78 is 4.52. The highest BCUT2D eigenvalue weighted by atomic mass is 16.5. The van der Waals surface area contributed by atoms with Gasteiger partial charge in [-0.15, -0.1) is 0 Å². The Balaban J connectivity index is 3.19. The van der Waals surface area contributed by atoms with E-state index in [2.05, 4.69) is 10.2 Å². The molecule has 0 unspecified atom stereocenters. The molecule has 0 aromatic heterocycles. The van der Waals surface area contributed by atoms with Gasteiger partial charge in [0.1, 0.15) is 0 Å². The number of methoxy groups -OCH3 is 1. The van der Waals surface area contributed by atoms with Gasteiger partial charge in [0.05, 0.1) is 30.0 Å². The Hall–Kier alpha value is -2.06. The second-order valence-electron chi connectivity index (χ2n) is 2.55. The zero-order valence-electron chi connectivity index (χ0n) is 7.57. The normalized spacial score (nSPS) is 8.93. The summed E-state index contributed by atoms with van der Waals surface area (Å²) in [6.45, 7) is 0. The molecule has 0 heterocycles. The summed E-state index contributed by atoms with van der Waals surface area (Å²) in [4.78, 5) is 11.1. The Bertz CT molecular complexity index is 396. The van der Waals surface area contributed by atoms with Crippen molar-refractivity contribution < 1.29 is 9.53 Å². The number of anilines is 1. The van der Waals surface area contributed by atoms with Crippen molar-refractivity contribution in [1.29, 1.82) is 5.26 Å². The molecular weight excluding hydrogens is 182 g/mol. The minimum Gasteiger partial charge on any atom is -0.465 e. The number of nitrogens with zero attached hydrogens (tertiary/aromatic N) is 1. The Morgan fingerprint density at radius 2 is 2.29 bits per heavy atom. The Morgan fingerprint density at radius 3 is 2.79 bits per heavy atom. The third-order valence-corrected chi connectivity index (χ3v) is 1.65. The van der Waals surface area contributed by atoms with Gasteiger partial charge in [-0.2, -0.15) is 5.26 Å². The fourth-order valence-electron chi connectivity index (χ4n) is 1.01. The third-order valence-electron chi connectivity index (χ3n) is 1.65. The largest absolute Gasteiger partial charge is 0.465 e. The van der Waals surface area contributed by atoms with Gasteiger partial charge < -0.3 is 10.2 Å². The van der Waals surface area contributed by atoms with Crippen LogP contribution in [-0.4, -0.2) is 13.1 Å². The number of nitrogens with two attached hydrogens (primary N) is 1. The molecule has 1 aromatic carbocycles. The highest BCUT2D eigenvalue weighted by molar-refractivity contribution is 5.91. The molecular formula is C9H9N3O2. The average molecular weight is 191 g/mol. The number of nitrogens with one attached hydrogen (secondary N) is 1. The van der Waals surface area contributed by atoms with Crippen molar-refractivity contribution in [1.82, 2.24) is 0 Å². The minimum absolute atomic E-state index is 0.291. The minimum atomic E-state index is -0.501. The topological polar surface area (TPSA) is 88.1 Å². The van der Waals surface area contributed by atoms with Crippen molar-refractivity contribution in [2.45, 2.75) is 0 Å². The van der Waals surface area contributed by atoms with Crippen molar-refractivity contribution in [3.8, 4) is 6.07 Å². The van der Waals surface area contributed by atoms with Crippen LogP contribution in [0.15, 0.2) is 18.2 Å². The fraction of sp³-hybridized carbons (Fsp3) is 0.111. The van der Waals surface area contributed by atoms with Crippen molar-refractivity contribution in [2.75, 3.05) is 12.5 Å². The summed E-state index contributed by atoms with van der Waals surface area (Å²) in [5, 5.41) is 8.67. The molecule has 5 heteroatoms. The molecule has 0 radical (unpaired) electrons. The maximum atomic E-state index is 11.1. The summed E-state index contributed by atoms with van der Waals surface area (Å²) in [6, 6.07) is 6.40. The van der Waals surface area contributed by atoms with Crippen LogP contribution in [0, 0.1) is 11.3 Å². The standard InChI is InChI=1S/C9H9N3O2/c1-14-9(13)7-2-6(5-10)3-8(4-7)12-11/h2-4,12H,11H2,1H3. The number of hydrogen-bond donors (Lipinski definition) is 2. The highest BCUT2D eigenvalue weighted by Gasteiger charge is 2.07. The van der Waals surface area contributed by atoms with Gasteiger partial charge in [-0.3, -0.25) is 5.84 Å².